The van der Waals surface area contributed by atoms with Gasteiger partial charge in [-0.15, -0.1) is 0 Å². The van der Waals surface area contributed by atoms with Crippen molar-refractivity contribution in [1.82, 2.24) is 0 Å². The number of carboxylic acids is 1. The number of allylic oxidation sites excluding steroid dienone is 1. The Morgan fingerprint density at radius 1 is 1.70 bits per heavy atom. The molecule has 0 aliphatic carbocycles. The minimum absolute atomic E-state index is 0.00690. The fraction of sp³-hybridized carbons (Fsp3) is 0.571. The average Bonchev–Trinajstić information content (AvgIpc) is 1.87. The topological polar surface area (TPSA) is 60.4 Å². The number of rotatable bonds is 4. The van der Waals surface area contributed by atoms with Crippen LogP contribution in [-0.4, -0.2) is 17.7 Å². The molecule has 3 heteroatoms. The van der Waals surface area contributed by atoms with Crippen LogP contribution in [0.3, 0.4) is 0 Å². The van der Waals surface area contributed by atoms with Crippen molar-refractivity contribution in [3.05, 3.63) is 11.6 Å². The van der Waals surface area contributed by atoms with Crippen molar-refractivity contribution in [3.8, 4) is 0 Å². The number of carbonyl (C=O) groups is 1. The van der Waals surface area contributed by atoms with Gasteiger partial charge in [0.15, 0.2) is 0 Å². The van der Waals surface area contributed by atoms with E-state index < -0.39 is 5.97 Å². The van der Waals surface area contributed by atoms with Gasteiger partial charge in [-0.3, -0.25) is 0 Å². The number of hydrogen-bond donors (Lipinski definition) is 1. The summed E-state index contributed by atoms with van der Waals surface area (Å²) < 4.78 is 0. The molecule has 58 valence electrons. The normalized spacial score (nSPS) is 11.6. The molecule has 0 amide bonds. The summed E-state index contributed by atoms with van der Waals surface area (Å²) in [5.74, 6) is -1.05. The Balaban J connectivity index is 3.43. The molecule has 0 atom stereocenters. The zero-order chi connectivity index (χ0) is 7.98. The number of aliphatic hydroxyl groups is 1. The summed E-state index contributed by atoms with van der Waals surface area (Å²) >= 11 is 0. The van der Waals surface area contributed by atoms with Crippen LogP contribution in [0.25, 0.3) is 0 Å². The first-order valence-electron chi connectivity index (χ1n) is 3.13. The van der Waals surface area contributed by atoms with Crippen molar-refractivity contribution in [2.75, 3.05) is 6.61 Å². The number of aliphatic carboxylic acids is 1. The van der Waals surface area contributed by atoms with Gasteiger partial charge < -0.3 is 15.0 Å². The molecule has 0 spiro atoms. The van der Waals surface area contributed by atoms with Crippen molar-refractivity contribution in [2.24, 2.45) is 0 Å². The van der Waals surface area contributed by atoms with Gasteiger partial charge in [-0.25, -0.2) is 0 Å². The van der Waals surface area contributed by atoms with Gasteiger partial charge in [0, 0.05) is 5.97 Å². The first-order chi connectivity index (χ1) is 4.66. The van der Waals surface area contributed by atoms with Gasteiger partial charge in [0.25, 0.3) is 0 Å². The van der Waals surface area contributed by atoms with Gasteiger partial charge in [-0.05, 0) is 19.8 Å². The summed E-state index contributed by atoms with van der Waals surface area (Å²) in [6.07, 6.45) is 2.15. The van der Waals surface area contributed by atoms with Crippen LogP contribution >= 0.6 is 0 Å². The Morgan fingerprint density at radius 2 is 2.30 bits per heavy atom. The number of carbonyl (C=O) groups excluding carboxylic acids is 1. The van der Waals surface area contributed by atoms with E-state index in [1.165, 1.54) is 0 Å². The smallest absolute Gasteiger partial charge is 0.0639 e. The van der Waals surface area contributed by atoms with Crippen LogP contribution in [0.1, 0.15) is 19.8 Å². The second-order valence-electron chi connectivity index (χ2n) is 2.12. The monoisotopic (exact) mass is 143 g/mol. The molecule has 0 aromatic carbocycles. The van der Waals surface area contributed by atoms with Crippen LogP contribution < -0.4 is 5.11 Å². The predicted octanol–water partition coefficient (Wildman–Crippen LogP) is -0.545. The van der Waals surface area contributed by atoms with E-state index in [9.17, 15) is 9.90 Å². The standard InChI is InChI=1S/C7H12O3/c1-6(5-8)3-2-4-7(9)10/h3,8H,2,4-5H2,1H3,(H,9,10)/p-1/b6-3+. The largest absolute Gasteiger partial charge is 0.550 e. The second-order valence-corrected chi connectivity index (χ2v) is 2.12. The van der Waals surface area contributed by atoms with Crippen LogP contribution in [0.15, 0.2) is 11.6 Å². The molecule has 0 heterocycles. The maximum absolute atomic E-state index is 9.87. The highest BCUT2D eigenvalue weighted by Gasteiger charge is 1.85. The molecule has 10 heavy (non-hydrogen) atoms. The van der Waals surface area contributed by atoms with Gasteiger partial charge in [0.05, 0.1) is 6.61 Å². The molecule has 0 aromatic heterocycles. The first-order valence-corrected chi connectivity index (χ1v) is 3.13. The summed E-state index contributed by atoms with van der Waals surface area (Å²) in [5.41, 5.74) is 0.793. The van der Waals surface area contributed by atoms with Crippen LogP contribution in [0.5, 0.6) is 0 Å². The molecular formula is C7H11O3-. The van der Waals surface area contributed by atoms with Gasteiger partial charge in [0.1, 0.15) is 0 Å². The molecule has 3 nitrogen and oxygen atoms in total. The zero-order valence-electron chi connectivity index (χ0n) is 5.96. The quantitative estimate of drug-likeness (QED) is 0.537. The number of hydrogen-bond acceptors (Lipinski definition) is 3. The van der Waals surface area contributed by atoms with E-state index in [4.69, 9.17) is 5.11 Å². The molecule has 0 bridgehead atoms. The fourth-order valence-electron chi connectivity index (χ4n) is 0.501. The lowest BCUT2D eigenvalue weighted by Gasteiger charge is -1.97. The van der Waals surface area contributed by atoms with Crippen LogP contribution in [-0.2, 0) is 4.79 Å². The highest BCUT2D eigenvalue weighted by atomic mass is 16.4. The lowest BCUT2D eigenvalue weighted by atomic mass is 10.2. The Morgan fingerprint density at radius 3 is 2.70 bits per heavy atom. The third kappa shape index (κ3) is 5.31. The number of carboxylic acid groups (broad SMARTS) is 1. The van der Waals surface area contributed by atoms with Crippen LogP contribution in [0.4, 0.5) is 0 Å². The van der Waals surface area contributed by atoms with E-state index in [-0.39, 0.29) is 13.0 Å². The lowest BCUT2D eigenvalue weighted by molar-refractivity contribution is -0.305. The molecule has 0 radical (unpaired) electrons. The van der Waals surface area contributed by atoms with Crippen LogP contribution in [0.2, 0.25) is 0 Å². The molecule has 0 aliphatic rings. The molecule has 0 saturated carbocycles. The van der Waals surface area contributed by atoms with Crippen LogP contribution in [0, 0.1) is 0 Å². The molecule has 0 aromatic rings. The molecule has 0 unspecified atom stereocenters. The third-order valence-corrected chi connectivity index (χ3v) is 1.09. The molecule has 0 saturated heterocycles. The maximum atomic E-state index is 9.87. The van der Waals surface area contributed by atoms with E-state index in [0.29, 0.717) is 6.42 Å². The van der Waals surface area contributed by atoms with Gasteiger partial charge >= 0.3 is 0 Å². The van der Waals surface area contributed by atoms with E-state index in [2.05, 4.69) is 0 Å². The van der Waals surface area contributed by atoms with E-state index in [0.717, 1.165) is 5.57 Å². The highest BCUT2D eigenvalue weighted by Crippen LogP contribution is 1.95. The molecule has 1 N–H and O–H groups in total. The van der Waals surface area contributed by atoms with E-state index in [1.807, 2.05) is 0 Å². The summed E-state index contributed by atoms with van der Waals surface area (Å²) in [7, 11) is 0. The Labute approximate surface area is 60.0 Å². The first kappa shape index (κ1) is 9.17. The van der Waals surface area contributed by atoms with Crippen molar-refractivity contribution in [1.29, 1.82) is 0 Å². The average molecular weight is 143 g/mol. The van der Waals surface area contributed by atoms with Crippen molar-refractivity contribution >= 4 is 5.97 Å². The summed E-state index contributed by atoms with van der Waals surface area (Å²) in [6.45, 7) is 1.74. The van der Waals surface area contributed by atoms with Crippen molar-refractivity contribution < 1.29 is 15.0 Å². The summed E-state index contributed by atoms with van der Waals surface area (Å²) in [6, 6.07) is 0. The number of aliphatic hydroxyl groups excluding tert-OH is 1. The van der Waals surface area contributed by atoms with E-state index >= 15 is 0 Å². The minimum atomic E-state index is -1.05. The summed E-state index contributed by atoms with van der Waals surface area (Å²) in [4.78, 5) is 9.87. The second kappa shape index (κ2) is 4.99. The third-order valence-electron chi connectivity index (χ3n) is 1.09. The molecular weight excluding hydrogens is 132 g/mol. The molecule has 0 rings (SSSR count). The summed E-state index contributed by atoms with van der Waals surface area (Å²) in [5, 5.41) is 18.3. The SMILES string of the molecule is C/C(=C\CCC(=O)[O-])CO. The Kier molecular flexibility index (Phi) is 4.58. The van der Waals surface area contributed by atoms with Gasteiger partial charge in [0.2, 0.25) is 0 Å². The maximum Gasteiger partial charge on any atom is 0.0639 e. The fourth-order valence-corrected chi connectivity index (χ4v) is 0.501. The lowest BCUT2D eigenvalue weighted by Crippen LogP contribution is -2.21. The van der Waals surface area contributed by atoms with Crippen molar-refractivity contribution in [3.63, 3.8) is 0 Å². The Hall–Kier alpha value is -0.830. The van der Waals surface area contributed by atoms with Crippen molar-refractivity contribution in [2.45, 2.75) is 19.8 Å². The molecule has 0 aliphatic heterocycles. The highest BCUT2D eigenvalue weighted by molar-refractivity contribution is 5.64. The molecule has 0 fully saturated rings. The van der Waals surface area contributed by atoms with Gasteiger partial charge in [-0.2, -0.15) is 0 Å². The zero-order valence-corrected chi connectivity index (χ0v) is 5.96. The minimum Gasteiger partial charge on any atom is -0.550 e. The Bertz CT molecular complexity index is 138. The van der Waals surface area contributed by atoms with E-state index in [1.54, 1.807) is 13.0 Å². The van der Waals surface area contributed by atoms with Gasteiger partial charge in [-0.1, -0.05) is 11.6 Å². The predicted molar refractivity (Wildman–Crippen MR) is 35.1 cm³/mol.